The smallest absolute Gasteiger partial charge is 0.341 e. The maximum absolute atomic E-state index is 13.8. The van der Waals surface area contributed by atoms with E-state index in [2.05, 4.69) is 12.2 Å². The minimum Gasteiger partial charge on any atom is -0.497 e. The van der Waals surface area contributed by atoms with Gasteiger partial charge in [-0.1, -0.05) is 31.5 Å². The van der Waals surface area contributed by atoms with Crippen LogP contribution in [0.4, 0.5) is 5.00 Å². The lowest BCUT2D eigenvalue weighted by atomic mass is 9.85. The van der Waals surface area contributed by atoms with Crippen molar-refractivity contribution >= 4 is 39.1 Å². The number of hydrogen-bond acceptors (Lipinski definition) is 6. The summed E-state index contributed by atoms with van der Waals surface area (Å²) in [6.45, 7) is 4.29. The van der Waals surface area contributed by atoms with E-state index in [0.29, 0.717) is 27.7 Å². The first kappa shape index (κ1) is 25.0. The van der Waals surface area contributed by atoms with Gasteiger partial charge in [-0.2, -0.15) is 0 Å². The molecule has 0 saturated heterocycles. The van der Waals surface area contributed by atoms with E-state index < -0.39 is 0 Å². The quantitative estimate of drug-likeness (QED) is 0.271. The highest BCUT2D eigenvalue weighted by Gasteiger charge is 2.30. The number of nitrogens with one attached hydrogen (secondary N) is 1. The SMILES string of the molecule is CCOC(=O)c1c(NC(=O)c2cc(-c3ccc(OC)cc3)nc3ccccc23)sc2c1CCC(CC)C2. The molecule has 1 atom stereocenters. The lowest BCUT2D eigenvalue weighted by Gasteiger charge is -2.20. The minimum absolute atomic E-state index is 0.274. The Kier molecular flexibility index (Phi) is 7.24. The Morgan fingerprint density at radius 3 is 2.62 bits per heavy atom. The molecule has 1 aliphatic rings. The fraction of sp³-hybridized carbons (Fsp3) is 0.300. The molecule has 1 N–H and O–H groups in total. The Labute approximate surface area is 220 Å². The normalized spacial score (nSPS) is 14.7. The van der Waals surface area contributed by atoms with Crippen LogP contribution < -0.4 is 10.1 Å². The molecule has 1 aliphatic carbocycles. The largest absolute Gasteiger partial charge is 0.497 e. The lowest BCUT2D eigenvalue weighted by molar-refractivity contribution is 0.0526. The number of esters is 1. The predicted molar refractivity (Wildman–Crippen MR) is 148 cm³/mol. The van der Waals surface area contributed by atoms with E-state index in [0.717, 1.165) is 53.5 Å². The van der Waals surface area contributed by atoms with Crippen LogP contribution >= 0.6 is 11.3 Å². The summed E-state index contributed by atoms with van der Waals surface area (Å²) in [5.41, 5.74) is 4.34. The van der Waals surface area contributed by atoms with Crippen LogP contribution in [0.2, 0.25) is 0 Å². The summed E-state index contributed by atoms with van der Waals surface area (Å²) in [6, 6.07) is 17.0. The Morgan fingerprint density at radius 1 is 1.11 bits per heavy atom. The first-order valence-corrected chi connectivity index (χ1v) is 13.5. The summed E-state index contributed by atoms with van der Waals surface area (Å²) >= 11 is 1.51. The number of thiophene rings is 1. The number of ether oxygens (including phenoxy) is 2. The zero-order valence-corrected chi connectivity index (χ0v) is 22.1. The molecule has 0 aliphatic heterocycles. The fourth-order valence-corrected chi connectivity index (χ4v) is 6.30. The average molecular weight is 515 g/mol. The average Bonchev–Trinajstić information content (AvgIpc) is 3.29. The topological polar surface area (TPSA) is 77.5 Å². The molecular weight excluding hydrogens is 484 g/mol. The van der Waals surface area contributed by atoms with Gasteiger partial charge in [-0.25, -0.2) is 9.78 Å². The number of para-hydroxylation sites is 1. The van der Waals surface area contributed by atoms with Crippen molar-refractivity contribution < 1.29 is 19.1 Å². The van der Waals surface area contributed by atoms with Crippen LogP contribution in [0.25, 0.3) is 22.2 Å². The van der Waals surface area contributed by atoms with E-state index >= 15 is 0 Å². The number of methoxy groups -OCH3 is 1. The van der Waals surface area contributed by atoms with Crippen molar-refractivity contribution in [2.45, 2.75) is 39.5 Å². The third-order valence-corrected chi connectivity index (χ3v) is 8.17. The van der Waals surface area contributed by atoms with Gasteiger partial charge in [-0.15, -0.1) is 11.3 Å². The molecule has 7 heteroatoms. The molecule has 1 amide bonds. The number of pyridine rings is 1. The molecular formula is C30H30N2O4S. The Hall–Kier alpha value is -3.71. The number of benzene rings is 2. The van der Waals surface area contributed by atoms with Crippen LogP contribution in [-0.4, -0.2) is 30.6 Å². The van der Waals surface area contributed by atoms with E-state index in [4.69, 9.17) is 14.5 Å². The lowest BCUT2D eigenvalue weighted by Crippen LogP contribution is -2.17. The van der Waals surface area contributed by atoms with E-state index in [1.807, 2.05) is 54.6 Å². The number of fused-ring (bicyclic) bond motifs is 2. The number of carbonyl (C=O) groups is 2. The zero-order valence-electron chi connectivity index (χ0n) is 21.3. The summed E-state index contributed by atoms with van der Waals surface area (Å²) < 4.78 is 10.7. The minimum atomic E-state index is -0.372. The molecule has 0 saturated carbocycles. The number of hydrogen-bond donors (Lipinski definition) is 1. The molecule has 190 valence electrons. The summed E-state index contributed by atoms with van der Waals surface area (Å²) in [5.74, 6) is 0.704. The molecule has 0 fully saturated rings. The van der Waals surface area contributed by atoms with Crippen LogP contribution in [0.1, 0.15) is 57.8 Å². The van der Waals surface area contributed by atoms with Gasteiger partial charge in [0.05, 0.1) is 36.1 Å². The molecule has 2 aromatic carbocycles. The highest BCUT2D eigenvalue weighted by Crippen LogP contribution is 2.41. The molecule has 5 rings (SSSR count). The van der Waals surface area contributed by atoms with Gasteiger partial charge in [0.2, 0.25) is 0 Å². The fourth-order valence-electron chi connectivity index (χ4n) is 4.95. The van der Waals surface area contributed by atoms with Gasteiger partial charge >= 0.3 is 5.97 Å². The maximum Gasteiger partial charge on any atom is 0.341 e. The second-order valence-electron chi connectivity index (χ2n) is 9.20. The van der Waals surface area contributed by atoms with Crippen LogP contribution in [0.5, 0.6) is 5.75 Å². The second kappa shape index (κ2) is 10.7. The first-order chi connectivity index (χ1) is 18.0. The summed E-state index contributed by atoms with van der Waals surface area (Å²) in [4.78, 5) is 32.7. The van der Waals surface area contributed by atoms with E-state index in [1.165, 1.54) is 16.2 Å². The van der Waals surface area contributed by atoms with Gasteiger partial charge in [-0.05, 0) is 74.1 Å². The molecule has 0 radical (unpaired) electrons. The van der Waals surface area contributed by atoms with Crippen LogP contribution in [-0.2, 0) is 17.6 Å². The van der Waals surface area contributed by atoms with E-state index in [9.17, 15) is 9.59 Å². The van der Waals surface area contributed by atoms with E-state index in [-0.39, 0.29) is 18.5 Å². The number of nitrogens with zero attached hydrogens (tertiary/aromatic N) is 1. The predicted octanol–water partition coefficient (Wildman–Crippen LogP) is 6.92. The van der Waals surface area contributed by atoms with Gasteiger partial charge in [0.25, 0.3) is 5.91 Å². The molecule has 0 bridgehead atoms. The molecule has 0 spiro atoms. The van der Waals surface area contributed by atoms with Crippen molar-refractivity contribution in [1.82, 2.24) is 4.98 Å². The number of aromatic nitrogens is 1. The first-order valence-electron chi connectivity index (χ1n) is 12.7. The van der Waals surface area contributed by atoms with Gasteiger partial charge in [0, 0.05) is 15.8 Å². The van der Waals surface area contributed by atoms with Crippen molar-refractivity contribution in [1.29, 1.82) is 0 Å². The number of amides is 1. The van der Waals surface area contributed by atoms with Crippen LogP contribution in [0.15, 0.2) is 54.6 Å². The highest BCUT2D eigenvalue weighted by atomic mass is 32.1. The Morgan fingerprint density at radius 2 is 1.89 bits per heavy atom. The van der Waals surface area contributed by atoms with Crippen molar-refractivity contribution in [2.24, 2.45) is 5.92 Å². The van der Waals surface area contributed by atoms with Crippen molar-refractivity contribution in [2.75, 3.05) is 19.0 Å². The molecule has 1 unspecified atom stereocenters. The standard InChI is InChI=1S/C30H30N2O4S/c1-4-18-10-15-22-26(16-18)37-29(27(22)30(34)36-5-2)32-28(33)23-17-25(19-11-13-20(35-3)14-12-19)31-24-9-7-6-8-21(23)24/h6-9,11-14,17-18H,4-5,10,15-16H2,1-3H3,(H,32,33). The molecule has 37 heavy (non-hydrogen) atoms. The third-order valence-electron chi connectivity index (χ3n) is 7.00. The second-order valence-corrected chi connectivity index (χ2v) is 10.3. The van der Waals surface area contributed by atoms with Crippen LogP contribution in [0.3, 0.4) is 0 Å². The van der Waals surface area contributed by atoms with Crippen molar-refractivity contribution in [3.05, 3.63) is 76.2 Å². The maximum atomic E-state index is 13.8. The Bertz CT molecular complexity index is 1460. The van der Waals surface area contributed by atoms with Gasteiger partial charge in [-0.3, -0.25) is 4.79 Å². The number of rotatable bonds is 7. The van der Waals surface area contributed by atoms with Crippen LogP contribution in [0, 0.1) is 5.92 Å². The monoisotopic (exact) mass is 514 g/mol. The molecule has 2 aromatic heterocycles. The summed E-state index contributed by atoms with van der Waals surface area (Å²) in [7, 11) is 1.63. The number of anilines is 1. The summed E-state index contributed by atoms with van der Waals surface area (Å²) in [5, 5.41) is 4.40. The molecule has 6 nitrogen and oxygen atoms in total. The molecule has 4 aromatic rings. The van der Waals surface area contributed by atoms with E-state index in [1.54, 1.807) is 14.0 Å². The third kappa shape index (κ3) is 4.96. The Balaban J connectivity index is 1.55. The highest BCUT2D eigenvalue weighted by molar-refractivity contribution is 7.17. The van der Waals surface area contributed by atoms with Gasteiger partial charge in [0.1, 0.15) is 10.8 Å². The number of carbonyl (C=O) groups excluding carboxylic acids is 2. The van der Waals surface area contributed by atoms with Gasteiger partial charge < -0.3 is 14.8 Å². The van der Waals surface area contributed by atoms with Crippen molar-refractivity contribution in [3.8, 4) is 17.0 Å². The molecule has 2 heterocycles. The summed E-state index contributed by atoms with van der Waals surface area (Å²) in [6.07, 6.45) is 3.90. The van der Waals surface area contributed by atoms with Crippen molar-refractivity contribution in [3.63, 3.8) is 0 Å². The zero-order chi connectivity index (χ0) is 25.9. The van der Waals surface area contributed by atoms with Gasteiger partial charge in [0.15, 0.2) is 0 Å².